The Bertz CT molecular complexity index is 482. The molecule has 1 aromatic carbocycles. The smallest absolute Gasteiger partial charge is 0.223 e. The first-order valence-corrected chi connectivity index (χ1v) is 5.85. The largest absolute Gasteiger partial charge is 0.368 e. The number of unbranched alkanes of at least 4 members (excludes halogenated alkanes) is 1. The lowest BCUT2D eigenvalue weighted by atomic mass is 10.2. The van der Waals surface area contributed by atoms with Crippen LogP contribution in [0.25, 0.3) is 11.4 Å². The first-order chi connectivity index (χ1) is 8.29. The average molecular weight is 228 g/mol. The van der Waals surface area contributed by atoms with Crippen molar-refractivity contribution >= 4 is 5.95 Å². The van der Waals surface area contributed by atoms with Crippen LogP contribution in [-0.2, 0) is 6.42 Å². The minimum Gasteiger partial charge on any atom is -0.368 e. The first-order valence-electron chi connectivity index (χ1n) is 5.85. The second-order valence-corrected chi connectivity index (χ2v) is 3.90. The van der Waals surface area contributed by atoms with E-state index in [-0.39, 0.29) is 0 Å². The highest BCUT2D eigenvalue weighted by molar-refractivity contribution is 5.55. The highest BCUT2D eigenvalue weighted by atomic mass is 15.1. The summed E-state index contributed by atoms with van der Waals surface area (Å²) in [6, 6.07) is 9.82. The zero-order chi connectivity index (χ0) is 12.1. The van der Waals surface area contributed by atoms with Crippen LogP contribution < -0.4 is 5.73 Å². The third-order valence-electron chi connectivity index (χ3n) is 2.48. The van der Waals surface area contributed by atoms with Crippen LogP contribution in [0.2, 0.25) is 0 Å². The number of aromatic nitrogens is 3. The van der Waals surface area contributed by atoms with Crippen LogP contribution in [0.3, 0.4) is 0 Å². The van der Waals surface area contributed by atoms with Gasteiger partial charge in [-0.2, -0.15) is 9.97 Å². The Labute approximate surface area is 101 Å². The Morgan fingerprint density at radius 3 is 2.53 bits per heavy atom. The van der Waals surface area contributed by atoms with E-state index in [1.165, 1.54) is 0 Å². The molecule has 0 radical (unpaired) electrons. The number of anilines is 1. The van der Waals surface area contributed by atoms with Crippen molar-refractivity contribution in [2.45, 2.75) is 26.2 Å². The Balaban J connectivity index is 2.32. The van der Waals surface area contributed by atoms with Crippen LogP contribution in [0.5, 0.6) is 0 Å². The summed E-state index contributed by atoms with van der Waals surface area (Å²) in [5, 5.41) is 0. The third kappa shape index (κ3) is 3.00. The molecule has 2 rings (SSSR count). The number of nitrogen functional groups attached to an aromatic ring is 1. The van der Waals surface area contributed by atoms with Gasteiger partial charge in [0.2, 0.25) is 5.95 Å². The van der Waals surface area contributed by atoms with Gasteiger partial charge in [0.05, 0.1) is 0 Å². The van der Waals surface area contributed by atoms with E-state index < -0.39 is 0 Å². The van der Waals surface area contributed by atoms with Crippen molar-refractivity contribution in [2.24, 2.45) is 0 Å². The fourth-order valence-electron chi connectivity index (χ4n) is 1.60. The normalized spacial score (nSPS) is 10.4. The van der Waals surface area contributed by atoms with Crippen LogP contribution >= 0.6 is 0 Å². The van der Waals surface area contributed by atoms with Crippen molar-refractivity contribution in [1.29, 1.82) is 0 Å². The summed E-state index contributed by atoms with van der Waals surface area (Å²) in [5.41, 5.74) is 6.68. The van der Waals surface area contributed by atoms with Crippen LogP contribution in [0.15, 0.2) is 30.3 Å². The second kappa shape index (κ2) is 5.39. The van der Waals surface area contributed by atoms with E-state index in [1.807, 2.05) is 30.3 Å². The van der Waals surface area contributed by atoms with Crippen molar-refractivity contribution in [2.75, 3.05) is 5.73 Å². The van der Waals surface area contributed by atoms with Crippen molar-refractivity contribution in [3.8, 4) is 11.4 Å². The van der Waals surface area contributed by atoms with Crippen LogP contribution in [0.4, 0.5) is 5.95 Å². The quantitative estimate of drug-likeness (QED) is 0.873. The summed E-state index contributed by atoms with van der Waals surface area (Å²) in [4.78, 5) is 12.8. The van der Waals surface area contributed by atoms with Crippen LogP contribution in [-0.4, -0.2) is 15.0 Å². The molecule has 1 aromatic heterocycles. The van der Waals surface area contributed by atoms with Gasteiger partial charge in [-0.3, -0.25) is 0 Å². The van der Waals surface area contributed by atoms with Gasteiger partial charge in [-0.15, -0.1) is 0 Å². The highest BCUT2D eigenvalue weighted by Gasteiger charge is 2.05. The Kier molecular flexibility index (Phi) is 3.65. The summed E-state index contributed by atoms with van der Waals surface area (Å²) in [7, 11) is 0. The molecule has 1 heterocycles. The van der Waals surface area contributed by atoms with Crippen LogP contribution in [0, 0.1) is 0 Å². The van der Waals surface area contributed by atoms with Gasteiger partial charge in [0.1, 0.15) is 5.82 Å². The maximum atomic E-state index is 5.71. The maximum Gasteiger partial charge on any atom is 0.223 e. The predicted octanol–water partition coefficient (Wildman–Crippen LogP) is 2.46. The van der Waals surface area contributed by atoms with Gasteiger partial charge >= 0.3 is 0 Å². The molecule has 88 valence electrons. The first kappa shape index (κ1) is 11.5. The summed E-state index contributed by atoms with van der Waals surface area (Å²) < 4.78 is 0. The number of rotatable bonds is 4. The lowest BCUT2D eigenvalue weighted by molar-refractivity contribution is 0.748. The minimum atomic E-state index is 0.296. The van der Waals surface area contributed by atoms with E-state index in [0.29, 0.717) is 11.8 Å². The molecule has 0 saturated carbocycles. The lowest BCUT2D eigenvalue weighted by Crippen LogP contribution is -2.05. The molecule has 0 bridgehead atoms. The van der Waals surface area contributed by atoms with Gasteiger partial charge < -0.3 is 5.73 Å². The molecule has 0 unspecified atom stereocenters. The molecule has 0 aliphatic rings. The summed E-state index contributed by atoms with van der Waals surface area (Å²) in [6.07, 6.45) is 3.03. The van der Waals surface area contributed by atoms with Crippen molar-refractivity contribution in [1.82, 2.24) is 15.0 Å². The van der Waals surface area contributed by atoms with Crippen molar-refractivity contribution < 1.29 is 0 Å². The molecule has 4 heteroatoms. The molecule has 0 fully saturated rings. The molecule has 0 saturated heterocycles. The monoisotopic (exact) mass is 228 g/mol. The van der Waals surface area contributed by atoms with Gasteiger partial charge in [0, 0.05) is 12.0 Å². The number of nitrogens with zero attached hydrogens (tertiary/aromatic N) is 3. The van der Waals surface area contributed by atoms with E-state index in [2.05, 4.69) is 21.9 Å². The molecule has 17 heavy (non-hydrogen) atoms. The Morgan fingerprint density at radius 2 is 1.82 bits per heavy atom. The molecular weight excluding hydrogens is 212 g/mol. The van der Waals surface area contributed by atoms with Gasteiger partial charge in [0.15, 0.2) is 5.82 Å². The zero-order valence-corrected chi connectivity index (χ0v) is 9.93. The highest BCUT2D eigenvalue weighted by Crippen LogP contribution is 2.15. The molecular formula is C13H16N4. The Hall–Kier alpha value is -1.97. The fraction of sp³-hybridized carbons (Fsp3) is 0.308. The SMILES string of the molecule is CCCCc1nc(N)nc(-c2ccccc2)n1. The van der Waals surface area contributed by atoms with E-state index in [4.69, 9.17) is 5.73 Å². The van der Waals surface area contributed by atoms with E-state index in [1.54, 1.807) is 0 Å². The molecule has 4 nitrogen and oxygen atoms in total. The molecule has 0 spiro atoms. The summed E-state index contributed by atoms with van der Waals surface area (Å²) in [5.74, 6) is 1.73. The molecule has 2 aromatic rings. The van der Waals surface area contributed by atoms with Crippen molar-refractivity contribution in [3.63, 3.8) is 0 Å². The number of hydrogen-bond donors (Lipinski definition) is 1. The molecule has 0 aliphatic carbocycles. The molecule has 0 aliphatic heterocycles. The van der Waals surface area contributed by atoms with Crippen molar-refractivity contribution in [3.05, 3.63) is 36.2 Å². The molecule has 0 amide bonds. The second-order valence-electron chi connectivity index (χ2n) is 3.90. The maximum absolute atomic E-state index is 5.71. The van der Waals surface area contributed by atoms with Gasteiger partial charge in [0.25, 0.3) is 0 Å². The standard InChI is InChI=1S/C13H16N4/c1-2-3-9-11-15-12(17-13(14)16-11)10-7-5-4-6-8-10/h4-8H,2-3,9H2,1H3,(H2,14,15,16,17). The predicted molar refractivity (Wildman–Crippen MR) is 68.3 cm³/mol. The van der Waals surface area contributed by atoms with E-state index >= 15 is 0 Å². The molecule has 0 atom stereocenters. The minimum absolute atomic E-state index is 0.296. The van der Waals surface area contributed by atoms with Crippen LogP contribution in [0.1, 0.15) is 25.6 Å². The fourth-order valence-corrected chi connectivity index (χ4v) is 1.60. The number of benzene rings is 1. The number of hydrogen-bond acceptors (Lipinski definition) is 4. The third-order valence-corrected chi connectivity index (χ3v) is 2.48. The van der Waals surface area contributed by atoms with Gasteiger partial charge in [-0.1, -0.05) is 43.7 Å². The topological polar surface area (TPSA) is 64.7 Å². The van der Waals surface area contributed by atoms with Gasteiger partial charge in [-0.25, -0.2) is 4.98 Å². The zero-order valence-electron chi connectivity index (χ0n) is 9.93. The van der Waals surface area contributed by atoms with Gasteiger partial charge in [-0.05, 0) is 6.42 Å². The number of aryl methyl sites for hydroxylation is 1. The molecule has 2 N–H and O–H groups in total. The van der Waals surface area contributed by atoms with E-state index in [0.717, 1.165) is 30.7 Å². The lowest BCUT2D eigenvalue weighted by Gasteiger charge is -2.04. The van der Waals surface area contributed by atoms with E-state index in [9.17, 15) is 0 Å². The number of nitrogens with two attached hydrogens (primary N) is 1. The average Bonchev–Trinajstić information content (AvgIpc) is 2.37. The summed E-state index contributed by atoms with van der Waals surface area (Å²) >= 11 is 0. The Morgan fingerprint density at radius 1 is 1.06 bits per heavy atom. The summed E-state index contributed by atoms with van der Waals surface area (Å²) in [6.45, 7) is 2.14.